The zero-order valence-electron chi connectivity index (χ0n) is 12.8. The van der Waals surface area contributed by atoms with Crippen molar-refractivity contribution in [1.82, 2.24) is 9.88 Å². The average Bonchev–Trinajstić information content (AvgIpc) is 3.05. The summed E-state index contributed by atoms with van der Waals surface area (Å²) in [6, 6.07) is 9.74. The van der Waals surface area contributed by atoms with E-state index in [1.54, 1.807) is 24.6 Å². The second-order valence-corrected chi connectivity index (χ2v) is 5.53. The maximum atomic E-state index is 12.8. The first-order chi connectivity index (χ1) is 10.8. The first-order valence-electron chi connectivity index (χ1n) is 7.04. The van der Waals surface area contributed by atoms with Gasteiger partial charge in [0, 0.05) is 32.9 Å². The Morgan fingerprint density at radius 2 is 1.77 bits per heavy atom. The lowest BCUT2D eigenvalue weighted by Gasteiger charge is -2.21. The Labute approximate surface area is 134 Å². The SMILES string of the molecule is COCCN(CCOC)C(=O)c1scnc1-c1ccccc1. The highest BCUT2D eigenvalue weighted by Gasteiger charge is 2.21. The van der Waals surface area contributed by atoms with Gasteiger partial charge >= 0.3 is 0 Å². The van der Waals surface area contributed by atoms with Gasteiger partial charge in [0.1, 0.15) is 4.88 Å². The van der Waals surface area contributed by atoms with Gasteiger partial charge in [-0.15, -0.1) is 11.3 Å². The fourth-order valence-corrected chi connectivity index (χ4v) is 2.84. The van der Waals surface area contributed by atoms with E-state index in [-0.39, 0.29) is 5.91 Å². The zero-order valence-corrected chi connectivity index (χ0v) is 13.6. The van der Waals surface area contributed by atoms with Crippen LogP contribution in [-0.4, -0.2) is 56.3 Å². The lowest BCUT2D eigenvalue weighted by atomic mass is 10.1. The van der Waals surface area contributed by atoms with Gasteiger partial charge in [-0.3, -0.25) is 4.79 Å². The summed E-state index contributed by atoms with van der Waals surface area (Å²) in [7, 11) is 3.25. The maximum Gasteiger partial charge on any atom is 0.266 e. The van der Waals surface area contributed by atoms with Crippen LogP contribution in [-0.2, 0) is 9.47 Å². The summed E-state index contributed by atoms with van der Waals surface area (Å²) in [6.45, 7) is 2.06. The van der Waals surface area contributed by atoms with Crippen LogP contribution in [0.1, 0.15) is 9.67 Å². The molecule has 0 saturated carbocycles. The van der Waals surface area contributed by atoms with Crippen molar-refractivity contribution in [1.29, 1.82) is 0 Å². The van der Waals surface area contributed by atoms with E-state index in [9.17, 15) is 4.79 Å². The van der Waals surface area contributed by atoms with Gasteiger partial charge < -0.3 is 14.4 Å². The molecular formula is C16H20N2O3S. The summed E-state index contributed by atoms with van der Waals surface area (Å²) in [5.74, 6) is -0.0320. The molecule has 1 heterocycles. The number of ether oxygens (including phenoxy) is 2. The van der Waals surface area contributed by atoms with Crippen LogP contribution in [0.2, 0.25) is 0 Å². The van der Waals surface area contributed by atoms with E-state index >= 15 is 0 Å². The van der Waals surface area contributed by atoms with E-state index in [4.69, 9.17) is 9.47 Å². The van der Waals surface area contributed by atoms with E-state index in [1.807, 2.05) is 30.3 Å². The smallest absolute Gasteiger partial charge is 0.266 e. The number of benzene rings is 1. The van der Waals surface area contributed by atoms with Crippen LogP contribution >= 0.6 is 11.3 Å². The Balaban J connectivity index is 2.22. The highest BCUT2D eigenvalue weighted by molar-refractivity contribution is 7.12. The Hall–Kier alpha value is -1.76. The summed E-state index contributed by atoms with van der Waals surface area (Å²) >= 11 is 1.36. The van der Waals surface area contributed by atoms with Crippen LogP contribution in [0.3, 0.4) is 0 Å². The molecule has 0 atom stereocenters. The monoisotopic (exact) mass is 320 g/mol. The molecule has 0 saturated heterocycles. The number of hydrogen-bond acceptors (Lipinski definition) is 5. The average molecular weight is 320 g/mol. The molecule has 22 heavy (non-hydrogen) atoms. The minimum absolute atomic E-state index is 0.0320. The molecule has 118 valence electrons. The van der Waals surface area contributed by atoms with Gasteiger partial charge in [-0.1, -0.05) is 30.3 Å². The number of carbonyl (C=O) groups is 1. The lowest BCUT2D eigenvalue weighted by molar-refractivity contribution is 0.0632. The van der Waals surface area contributed by atoms with Gasteiger partial charge in [0.05, 0.1) is 24.4 Å². The van der Waals surface area contributed by atoms with Crippen molar-refractivity contribution >= 4 is 17.2 Å². The minimum atomic E-state index is -0.0320. The van der Waals surface area contributed by atoms with Crippen LogP contribution in [0, 0.1) is 0 Å². The van der Waals surface area contributed by atoms with Crippen molar-refractivity contribution in [2.24, 2.45) is 0 Å². The Morgan fingerprint density at radius 3 is 2.36 bits per heavy atom. The number of hydrogen-bond donors (Lipinski definition) is 0. The second kappa shape index (κ2) is 8.63. The molecule has 0 bridgehead atoms. The van der Waals surface area contributed by atoms with Gasteiger partial charge in [-0.2, -0.15) is 0 Å². The summed E-state index contributed by atoms with van der Waals surface area (Å²) < 4.78 is 10.2. The van der Waals surface area contributed by atoms with Gasteiger partial charge in [-0.25, -0.2) is 4.98 Å². The second-order valence-electron chi connectivity index (χ2n) is 4.67. The molecular weight excluding hydrogens is 300 g/mol. The van der Waals surface area contributed by atoms with Crippen molar-refractivity contribution in [3.05, 3.63) is 40.7 Å². The van der Waals surface area contributed by atoms with Crippen molar-refractivity contribution in [3.63, 3.8) is 0 Å². The number of thiazole rings is 1. The fourth-order valence-electron chi connectivity index (χ4n) is 2.06. The molecule has 5 nitrogen and oxygen atoms in total. The van der Waals surface area contributed by atoms with Crippen LogP contribution in [0.25, 0.3) is 11.3 Å². The predicted molar refractivity (Wildman–Crippen MR) is 87.2 cm³/mol. The minimum Gasteiger partial charge on any atom is -0.383 e. The molecule has 0 aliphatic rings. The molecule has 0 aliphatic carbocycles. The number of aromatic nitrogens is 1. The normalized spacial score (nSPS) is 10.6. The van der Waals surface area contributed by atoms with E-state index < -0.39 is 0 Å². The molecule has 1 aromatic heterocycles. The third-order valence-electron chi connectivity index (χ3n) is 3.23. The molecule has 2 rings (SSSR count). The lowest BCUT2D eigenvalue weighted by Crippen LogP contribution is -2.36. The summed E-state index contributed by atoms with van der Waals surface area (Å²) in [6.07, 6.45) is 0. The molecule has 6 heteroatoms. The van der Waals surface area contributed by atoms with Crippen LogP contribution in [0.4, 0.5) is 0 Å². The maximum absolute atomic E-state index is 12.8. The van der Waals surface area contributed by atoms with Crippen LogP contribution in [0.5, 0.6) is 0 Å². The molecule has 0 spiro atoms. The summed E-state index contributed by atoms with van der Waals surface area (Å²) in [5, 5.41) is 0. The first-order valence-corrected chi connectivity index (χ1v) is 7.92. The predicted octanol–water partition coefficient (Wildman–Crippen LogP) is 2.55. The van der Waals surface area contributed by atoms with Crippen molar-refractivity contribution in [2.75, 3.05) is 40.5 Å². The van der Waals surface area contributed by atoms with E-state index in [0.29, 0.717) is 31.2 Å². The van der Waals surface area contributed by atoms with E-state index in [1.165, 1.54) is 11.3 Å². The molecule has 2 aromatic rings. The third kappa shape index (κ3) is 4.13. The van der Waals surface area contributed by atoms with E-state index in [2.05, 4.69) is 4.98 Å². The Bertz CT molecular complexity index is 578. The molecule has 0 aliphatic heterocycles. The summed E-state index contributed by atoms with van der Waals surface area (Å²) in [4.78, 5) is 19.6. The van der Waals surface area contributed by atoms with Crippen molar-refractivity contribution in [3.8, 4) is 11.3 Å². The van der Waals surface area contributed by atoms with Crippen LogP contribution < -0.4 is 0 Å². The third-order valence-corrected chi connectivity index (χ3v) is 4.04. The Kier molecular flexibility index (Phi) is 6.51. The summed E-state index contributed by atoms with van der Waals surface area (Å²) in [5.41, 5.74) is 3.39. The number of rotatable bonds is 8. The van der Waals surface area contributed by atoms with E-state index in [0.717, 1.165) is 11.3 Å². The van der Waals surface area contributed by atoms with Gasteiger partial charge in [0.15, 0.2) is 0 Å². The first kappa shape index (κ1) is 16.6. The fraction of sp³-hybridized carbons (Fsp3) is 0.375. The molecule has 0 N–H and O–H groups in total. The van der Waals surface area contributed by atoms with Gasteiger partial charge in [-0.05, 0) is 0 Å². The zero-order chi connectivity index (χ0) is 15.8. The number of methoxy groups -OCH3 is 2. The topological polar surface area (TPSA) is 51.7 Å². The Morgan fingerprint density at radius 1 is 1.14 bits per heavy atom. The number of nitrogens with zero attached hydrogens (tertiary/aromatic N) is 2. The molecule has 0 radical (unpaired) electrons. The highest BCUT2D eigenvalue weighted by atomic mass is 32.1. The molecule has 1 aromatic carbocycles. The largest absolute Gasteiger partial charge is 0.383 e. The number of carbonyl (C=O) groups excluding carboxylic acids is 1. The number of amides is 1. The standard InChI is InChI=1S/C16H20N2O3S/c1-20-10-8-18(9-11-21-2)16(19)15-14(17-12-22-15)13-6-4-3-5-7-13/h3-7,12H,8-11H2,1-2H3. The van der Waals surface area contributed by atoms with Gasteiger partial charge in [0.2, 0.25) is 0 Å². The van der Waals surface area contributed by atoms with Crippen molar-refractivity contribution in [2.45, 2.75) is 0 Å². The van der Waals surface area contributed by atoms with Gasteiger partial charge in [0.25, 0.3) is 5.91 Å². The quantitative estimate of drug-likeness (QED) is 0.750. The molecule has 0 fully saturated rings. The van der Waals surface area contributed by atoms with Crippen LogP contribution in [0.15, 0.2) is 35.8 Å². The molecule has 1 amide bonds. The molecule has 0 unspecified atom stereocenters. The highest BCUT2D eigenvalue weighted by Crippen LogP contribution is 2.26. The van der Waals surface area contributed by atoms with Crippen molar-refractivity contribution < 1.29 is 14.3 Å².